The van der Waals surface area contributed by atoms with Gasteiger partial charge in [-0.1, -0.05) is 11.6 Å². The van der Waals surface area contributed by atoms with Gasteiger partial charge in [-0.05, 0) is 62.6 Å². The Morgan fingerprint density at radius 2 is 2.21 bits per heavy atom. The number of fused-ring (bicyclic) bond motifs is 1. The Bertz CT molecular complexity index is 1020. The molecule has 2 atom stereocenters. The number of halogens is 2. The maximum atomic E-state index is 14.9. The molecule has 0 spiro atoms. The van der Waals surface area contributed by atoms with Crippen LogP contribution >= 0.6 is 11.6 Å². The van der Waals surface area contributed by atoms with E-state index in [0.29, 0.717) is 16.3 Å². The van der Waals surface area contributed by atoms with Crippen molar-refractivity contribution in [3.8, 4) is 0 Å². The molecule has 1 unspecified atom stereocenters. The molecule has 1 aromatic carbocycles. The smallest absolute Gasteiger partial charge is 0.288 e. The van der Waals surface area contributed by atoms with Crippen LogP contribution in [0.5, 0.6) is 0 Å². The van der Waals surface area contributed by atoms with Crippen LogP contribution in [-0.4, -0.2) is 16.9 Å². The van der Waals surface area contributed by atoms with Gasteiger partial charge >= 0.3 is 0 Å². The van der Waals surface area contributed by atoms with Gasteiger partial charge in [0.2, 0.25) is 0 Å². The summed E-state index contributed by atoms with van der Waals surface area (Å²) in [7, 11) is 0. The van der Waals surface area contributed by atoms with Gasteiger partial charge in [0.25, 0.3) is 11.9 Å². The number of nitrogens with two attached hydrogens (primary N) is 1. The Morgan fingerprint density at radius 1 is 1.38 bits per heavy atom. The average molecular weight is 415 g/mol. The highest BCUT2D eigenvalue weighted by molar-refractivity contribution is 6.30. The Hall–Kier alpha value is -2.93. The lowest BCUT2D eigenvalue weighted by Gasteiger charge is -2.41. The molecule has 8 heteroatoms. The number of benzene rings is 1. The van der Waals surface area contributed by atoms with Crippen LogP contribution in [0.25, 0.3) is 0 Å². The first-order chi connectivity index (χ1) is 13.9. The summed E-state index contributed by atoms with van der Waals surface area (Å²) in [5.74, 6) is -0.233. The van der Waals surface area contributed by atoms with E-state index in [1.807, 2.05) is 13.0 Å². The maximum absolute atomic E-state index is 14.9. The summed E-state index contributed by atoms with van der Waals surface area (Å²) in [4.78, 5) is 20.9. The lowest BCUT2D eigenvalue weighted by molar-refractivity contribution is 0.102. The number of aliphatic imine (C=N–C) groups is 1. The third kappa shape index (κ3) is 3.70. The van der Waals surface area contributed by atoms with Gasteiger partial charge in [0, 0.05) is 23.4 Å². The van der Waals surface area contributed by atoms with Crippen molar-refractivity contribution in [2.45, 2.75) is 31.7 Å². The largest absolute Gasteiger partial charge is 0.431 e. The molecule has 0 saturated heterocycles. The number of ether oxygens (including phenoxy) is 1. The maximum Gasteiger partial charge on any atom is 0.288 e. The van der Waals surface area contributed by atoms with Crippen LogP contribution in [0, 0.1) is 11.7 Å². The summed E-state index contributed by atoms with van der Waals surface area (Å²) in [6.45, 7) is 1.84. The van der Waals surface area contributed by atoms with Crippen LogP contribution in [0.4, 0.5) is 10.1 Å². The lowest BCUT2D eigenvalue weighted by Crippen LogP contribution is -2.42. The molecule has 1 aromatic heterocycles. The molecule has 2 aliphatic rings. The minimum atomic E-state index is -0.933. The molecule has 4 rings (SSSR count). The SMILES string of the molecule is C[C@]1(c2cc(NC(=O)c3ccc(Cl)cn3)ccc2F)N=C(N)OC2=CCCCC21. The van der Waals surface area contributed by atoms with E-state index < -0.39 is 17.3 Å². The zero-order valence-electron chi connectivity index (χ0n) is 15.8. The summed E-state index contributed by atoms with van der Waals surface area (Å²) < 4.78 is 20.5. The topological polar surface area (TPSA) is 89.6 Å². The van der Waals surface area contributed by atoms with E-state index in [4.69, 9.17) is 22.1 Å². The number of anilines is 1. The van der Waals surface area contributed by atoms with Gasteiger partial charge in [0.05, 0.1) is 5.02 Å². The summed E-state index contributed by atoms with van der Waals surface area (Å²) in [5, 5.41) is 3.18. The van der Waals surface area contributed by atoms with E-state index in [0.717, 1.165) is 25.0 Å². The third-order valence-electron chi connectivity index (χ3n) is 5.36. The summed E-state index contributed by atoms with van der Waals surface area (Å²) in [6.07, 6.45) is 6.04. The molecule has 1 aliphatic heterocycles. The molecule has 2 aromatic rings. The standard InChI is InChI=1S/C21H20ClFN4O2/c1-21(14-4-2-3-5-18(14)29-20(24)27-21)15-10-13(7-8-16(15)23)26-19(28)17-9-6-12(22)11-25-17/h5-11,14H,2-4H2,1H3,(H2,24,27)(H,26,28)/t14?,21-/m0/s1. The number of rotatable bonds is 3. The van der Waals surface area contributed by atoms with E-state index in [-0.39, 0.29) is 17.6 Å². The second-order valence-electron chi connectivity index (χ2n) is 7.30. The number of nitrogens with zero attached hydrogens (tertiary/aromatic N) is 2. The molecule has 1 amide bonds. The molecule has 0 bridgehead atoms. The fourth-order valence-corrected chi connectivity index (χ4v) is 4.03. The van der Waals surface area contributed by atoms with E-state index >= 15 is 0 Å². The van der Waals surface area contributed by atoms with Gasteiger partial charge in [0.15, 0.2) is 0 Å². The van der Waals surface area contributed by atoms with Crippen LogP contribution in [0.1, 0.15) is 42.2 Å². The predicted molar refractivity (Wildman–Crippen MR) is 109 cm³/mol. The van der Waals surface area contributed by atoms with E-state index in [1.165, 1.54) is 24.4 Å². The van der Waals surface area contributed by atoms with Crippen LogP contribution in [0.15, 0.2) is 53.4 Å². The van der Waals surface area contributed by atoms with Crippen molar-refractivity contribution in [1.82, 2.24) is 4.98 Å². The van der Waals surface area contributed by atoms with Crippen molar-refractivity contribution in [2.75, 3.05) is 5.32 Å². The first-order valence-corrected chi connectivity index (χ1v) is 9.71. The molecule has 150 valence electrons. The van der Waals surface area contributed by atoms with Crippen molar-refractivity contribution < 1.29 is 13.9 Å². The van der Waals surface area contributed by atoms with Crippen molar-refractivity contribution in [1.29, 1.82) is 0 Å². The van der Waals surface area contributed by atoms with Crippen LogP contribution < -0.4 is 11.1 Å². The minimum Gasteiger partial charge on any atom is -0.431 e. The highest BCUT2D eigenvalue weighted by Gasteiger charge is 2.45. The summed E-state index contributed by atoms with van der Waals surface area (Å²) >= 11 is 5.81. The van der Waals surface area contributed by atoms with Gasteiger partial charge in [-0.15, -0.1) is 0 Å². The highest BCUT2D eigenvalue weighted by Crippen LogP contribution is 2.47. The Morgan fingerprint density at radius 3 is 2.97 bits per heavy atom. The molecule has 0 radical (unpaired) electrons. The molecular weight excluding hydrogens is 395 g/mol. The Balaban J connectivity index is 1.68. The zero-order chi connectivity index (χ0) is 20.6. The number of amidine groups is 1. The third-order valence-corrected chi connectivity index (χ3v) is 5.58. The zero-order valence-corrected chi connectivity index (χ0v) is 16.5. The van der Waals surface area contributed by atoms with Gasteiger partial charge in [-0.2, -0.15) is 0 Å². The Kier molecular flexibility index (Phi) is 5.00. The number of hydrogen-bond donors (Lipinski definition) is 2. The molecule has 6 nitrogen and oxygen atoms in total. The lowest BCUT2D eigenvalue weighted by atomic mass is 9.73. The molecular formula is C21H20ClFN4O2. The first-order valence-electron chi connectivity index (χ1n) is 9.33. The number of amides is 1. The van der Waals surface area contributed by atoms with Crippen molar-refractivity contribution >= 4 is 29.2 Å². The summed E-state index contributed by atoms with van der Waals surface area (Å²) in [6, 6.07) is 7.52. The van der Waals surface area contributed by atoms with Crippen molar-refractivity contribution in [3.05, 3.63) is 70.5 Å². The molecule has 0 fully saturated rings. The van der Waals surface area contributed by atoms with Gasteiger partial charge < -0.3 is 15.8 Å². The Labute approximate surface area is 172 Å². The molecule has 2 heterocycles. The number of nitrogens with one attached hydrogen (secondary N) is 1. The van der Waals surface area contributed by atoms with E-state index in [1.54, 1.807) is 12.1 Å². The summed E-state index contributed by atoms with van der Waals surface area (Å²) in [5.41, 5.74) is 5.95. The first kappa shape index (κ1) is 19.4. The second kappa shape index (κ2) is 7.48. The van der Waals surface area contributed by atoms with Crippen molar-refractivity contribution in [3.63, 3.8) is 0 Å². The van der Waals surface area contributed by atoms with Gasteiger partial charge in [0.1, 0.15) is 22.8 Å². The van der Waals surface area contributed by atoms with E-state index in [2.05, 4.69) is 15.3 Å². The minimum absolute atomic E-state index is 0.0103. The number of carbonyl (C=O) groups excluding carboxylic acids is 1. The van der Waals surface area contributed by atoms with Crippen molar-refractivity contribution in [2.24, 2.45) is 16.6 Å². The average Bonchev–Trinajstić information content (AvgIpc) is 2.69. The number of aromatic nitrogens is 1. The highest BCUT2D eigenvalue weighted by atomic mass is 35.5. The molecule has 3 N–H and O–H groups in total. The molecule has 29 heavy (non-hydrogen) atoms. The van der Waals surface area contributed by atoms with Crippen LogP contribution in [-0.2, 0) is 10.3 Å². The number of allylic oxidation sites excluding steroid dienone is 1. The monoisotopic (exact) mass is 414 g/mol. The van der Waals surface area contributed by atoms with Gasteiger partial charge in [-0.25, -0.2) is 14.4 Å². The quantitative estimate of drug-likeness (QED) is 0.780. The fraction of sp³-hybridized carbons (Fsp3) is 0.286. The van der Waals surface area contributed by atoms with Crippen LogP contribution in [0.3, 0.4) is 0 Å². The van der Waals surface area contributed by atoms with Crippen LogP contribution in [0.2, 0.25) is 5.02 Å². The number of pyridine rings is 1. The predicted octanol–water partition coefficient (Wildman–Crippen LogP) is 4.37. The fourth-order valence-electron chi connectivity index (χ4n) is 3.92. The van der Waals surface area contributed by atoms with E-state index in [9.17, 15) is 9.18 Å². The second-order valence-corrected chi connectivity index (χ2v) is 7.74. The molecule has 1 aliphatic carbocycles. The van der Waals surface area contributed by atoms with Gasteiger partial charge in [-0.3, -0.25) is 4.79 Å². The number of carbonyl (C=O) groups is 1. The molecule has 0 saturated carbocycles. The normalized spacial score (nSPS) is 23.3. The number of hydrogen-bond acceptors (Lipinski definition) is 5.